The number of ether oxygens (including phenoxy) is 1. The van der Waals surface area contributed by atoms with Crippen molar-refractivity contribution >= 4 is 16.9 Å². The van der Waals surface area contributed by atoms with Crippen LogP contribution < -0.4 is 4.74 Å². The summed E-state index contributed by atoms with van der Waals surface area (Å²) in [4.78, 5) is 12.7. The van der Waals surface area contributed by atoms with Gasteiger partial charge in [0.05, 0.1) is 20.2 Å². The molecule has 0 atom stereocenters. The molecule has 0 bridgehead atoms. The average molecular weight is 277 g/mol. The topological polar surface area (TPSA) is 62.9 Å². The summed E-state index contributed by atoms with van der Waals surface area (Å²) in [5, 5.41) is 9.89. The first-order chi connectivity index (χ1) is 9.49. The van der Waals surface area contributed by atoms with Gasteiger partial charge in [0, 0.05) is 11.4 Å². The summed E-state index contributed by atoms with van der Waals surface area (Å²) < 4.78 is 10.9. The molecule has 0 aliphatic rings. The number of hydrogen-bond donors (Lipinski definition) is 1. The fourth-order valence-corrected chi connectivity index (χ4v) is 2.08. The Morgan fingerprint density at radius 3 is 2.75 bits per heavy atom. The summed E-state index contributed by atoms with van der Waals surface area (Å²) in [5.74, 6) is 0.691. The lowest BCUT2D eigenvalue weighted by Gasteiger charge is -2.23. The van der Waals surface area contributed by atoms with E-state index in [9.17, 15) is 4.79 Å². The number of carboxylic acids is 1. The normalized spacial score (nSPS) is 11.4. The second kappa shape index (κ2) is 5.96. The maximum Gasteiger partial charge on any atom is 0.317 e. The summed E-state index contributed by atoms with van der Waals surface area (Å²) in [6, 6.07) is 7.66. The van der Waals surface area contributed by atoms with Crippen molar-refractivity contribution in [1.82, 2.24) is 4.90 Å². The predicted octanol–water partition coefficient (Wildman–Crippen LogP) is 2.74. The molecule has 0 saturated heterocycles. The number of nitrogens with zero attached hydrogens (tertiary/aromatic N) is 1. The first-order valence-electron chi connectivity index (χ1n) is 6.52. The van der Waals surface area contributed by atoms with Gasteiger partial charge < -0.3 is 14.3 Å². The lowest BCUT2D eigenvalue weighted by Crippen LogP contribution is -2.34. The van der Waals surface area contributed by atoms with Crippen LogP contribution in [-0.2, 0) is 11.3 Å². The highest BCUT2D eigenvalue weighted by Gasteiger charge is 2.16. The zero-order valence-corrected chi connectivity index (χ0v) is 11.9. The predicted molar refractivity (Wildman–Crippen MR) is 75.9 cm³/mol. The molecule has 0 saturated carbocycles. The van der Waals surface area contributed by atoms with Crippen LogP contribution in [-0.4, -0.2) is 35.7 Å². The number of carboxylic acid groups (broad SMARTS) is 1. The fourth-order valence-electron chi connectivity index (χ4n) is 2.08. The number of rotatable bonds is 6. The number of carbonyl (C=O) groups is 1. The summed E-state index contributed by atoms with van der Waals surface area (Å²) in [6.07, 6.45) is 0. The van der Waals surface area contributed by atoms with Gasteiger partial charge in [-0.3, -0.25) is 9.69 Å². The van der Waals surface area contributed by atoms with Crippen LogP contribution in [0, 0.1) is 0 Å². The zero-order valence-electron chi connectivity index (χ0n) is 11.9. The number of furan rings is 1. The van der Waals surface area contributed by atoms with Gasteiger partial charge in [-0.15, -0.1) is 0 Å². The number of hydrogen-bond acceptors (Lipinski definition) is 4. The first-order valence-corrected chi connectivity index (χ1v) is 6.52. The Morgan fingerprint density at radius 2 is 2.15 bits per heavy atom. The SMILES string of the molecule is COc1ccc2oc(CN(CC(=O)O)C(C)C)cc2c1. The van der Waals surface area contributed by atoms with E-state index in [4.69, 9.17) is 14.3 Å². The maximum atomic E-state index is 10.9. The lowest BCUT2D eigenvalue weighted by atomic mass is 10.2. The van der Waals surface area contributed by atoms with Crippen LogP contribution in [0.3, 0.4) is 0 Å². The van der Waals surface area contributed by atoms with Crippen LogP contribution in [0.5, 0.6) is 5.75 Å². The van der Waals surface area contributed by atoms with E-state index < -0.39 is 5.97 Å². The molecule has 0 unspecified atom stereocenters. The molecule has 5 nitrogen and oxygen atoms in total. The second-order valence-electron chi connectivity index (χ2n) is 5.01. The van der Waals surface area contributed by atoms with Crippen molar-refractivity contribution in [3.8, 4) is 5.75 Å². The molecule has 0 aliphatic carbocycles. The van der Waals surface area contributed by atoms with Gasteiger partial charge in [0.1, 0.15) is 17.1 Å². The minimum Gasteiger partial charge on any atom is -0.497 e. The monoisotopic (exact) mass is 277 g/mol. The van der Waals surface area contributed by atoms with Crippen molar-refractivity contribution in [2.75, 3.05) is 13.7 Å². The molecule has 5 heteroatoms. The van der Waals surface area contributed by atoms with Gasteiger partial charge in [0.2, 0.25) is 0 Å². The highest BCUT2D eigenvalue weighted by Crippen LogP contribution is 2.25. The van der Waals surface area contributed by atoms with Gasteiger partial charge >= 0.3 is 5.97 Å². The smallest absolute Gasteiger partial charge is 0.317 e. The van der Waals surface area contributed by atoms with Crippen LogP contribution in [0.15, 0.2) is 28.7 Å². The highest BCUT2D eigenvalue weighted by atomic mass is 16.5. The third kappa shape index (κ3) is 3.30. The molecule has 2 rings (SSSR count). The molecular weight excluding hydrogens is 258 g/mol. The van der Waals surface area contributed by atoms with Crippen LogP contribution >= 0.6 is 0 Å². The molecule has 0 radical (unpaired) electrons. The molecule has 1 aromatic heterocycles. The van der Waals surface area contributed by atoms with Gasteiger partial charge in [0.25, 0.3) is 0 Å². The van der Waals surface area contributed by atoms with Crippen LogP contribution in [0.1, 0.15) is 19.6 Å². The number of benzene rings is 1. The summed E-state index contributed by atoms with van der Waals surface area (Å²) >= 11 is 0. The fraction of sp³-hybridized carbons (Fsp3) is 0.400. The molecule has 2 aromatic rings. The van der Waals surface area contributed by atoms with Crippen molar-refractivity contribution in [1.29, 1.82) is 0 Å². The van der Waals surface area contributed by atoms with Gasteiger partial charge in [-0.1, -0.05) is 0 Å². The van der Waals surface area contributed by atoms with E-state index in [1.54, 1.807) is 7.11 Å². The van der Waals surface area contributed by atoms with E-state index in [2.05, 4.69) is 0 Å². The standard InChI is InChI=1S/C15H19NO4/c1-10(2)16(9-15(17)18)8-13-7-11-6-12(19-3)4-5-14(11)20-13/h4-7,10H,8-9H2,1-3H3,(H,17,18). The van der Waals surface area contributed by atoms with Gasteiger partial charge in [-0.2, -0.15) is 0 Å². The third-order valence-electron chi connectivity index (χ3n) is 3.20. The molecule has 0 fully saturated rings. The van der Waals surface area contributed by atoms with Crippen LogP contribution in [0.25, 0.3) is 11.0 Å². The van der Waals surface area contributed by atoms with E-state index in [1.165, 1.54) is 0 Å². The molecule has 0 aliphatic heterocycles. The van der Waals surface area contributed by atoms with Crippen LogP contribution in [0.4, 0.5) is 0 Å². The summed E-state index contributed by atoms with van der Waals surface area (Å²) in [7, 11) is 1.62. The molecule has 108 valence electrons. The van der Waals surface area contributed by atoms with Crippen molar-refractivity contribution in [2.24, 2.45) is 0 Å². The summed E-state index contributed by atoms with van der Waals surface area (Å²) in [5.41, 5.74) is 0.778. The van der Waals surface area contributed by atoms with E-state index in [1.807, 2.05) is 43.0 Å². The Labute approximate surface area is 117 Å². The molecule has 20 heavy (non-hydrogen) atoms. The molecule has 0 spiro atoms. The first kappa shape index (κ1) is 14.4. The van der Waals surface area contributed by atoms with Crippen molar-refractivity contribution in [2.45, 2.75) is 26.4 Å². The van der Waals surface area contributed by atoms with E-state index in [-0.39, 0.29) is 12.6 Å². The molecule has 1 aromatic carbocycles. The number of fused-ring (bicyclic) bond motifs is 1. The van der Waals surface area contributed by atoms with Crippen molar-refractivity contribution in [3.63, 3.8) is 0 Å². The van der Waals surface area contributed by atoms with Gasteiger partial charge in [0.15, 0.2) is 0 Å². The minimum atomic E-state index is -0.837. The Bertz CT molecular complexity index is 603. The molecular formula is C15H19NO4. The van der Waals surface area contributed by atoms with E-state index in [0.717, 1.165) is 22.5 Å². The van der Waals surface area contributed by atoms with E-state index >= 15 is 0 Å². The largest absolute Gasteiger partial charge is 0.497 e. The maximum absolute atomic E-state index is 10.9. The second-order valence-corrected chi connectivity index (χ2v) is 5.01. The average Bonchev–Trinajstić information content (AvgIpc) is 2.78. The Morgan fingerprint density at radius 1 is 1.40 bits per heavy atom. The molecule has 1 N–H and O–H groups in total. The third-order valence-corrected chi connectivity index (χ3v) is 3.20. The highest BCUT2D eigenvalue weighted by molar-refractivity contribution is 5.79. The molecule has 0 amide bonds. The van der Waals surface area contributed by atoms with E-state index in [0.29, 0.717) is 6.54 Å². The van der Waals surface area contributed by atoms with Gasteiger partial charge in [-0.25, -0.2) is 0 Å². The number of methoxy groups -OCH3 is 1. The zero-order chi connectivity index (χ0) is 14.7. The quantitative estimate of drug-likeness (QED) is 0.879. The van der Waals surface area contributed by atoms with Gasteiger partial charge in [-0.05, 0) is 38.1 Å². The Hall–Kier alpha value is -2.01. The van der Waals surface area contributed by atoms with Crippen molar-refractivity contribution < 1.29 is 19.1 Å². The Balaban J connectivity index is 2.21. The minimum absolute atomic E-state index is 0.00195. The summed E-state index contributed by atoms with van der Waals surface area (Å²) in [6.45, 7) is 4.41. The number of aliphatic carboxylic acids is 1. The van der Waals surface area contributed by atoms with Crippen molar-refractivity contribution in [3.05, 3.63) is 30.0 Å². The molecule has 1 heterocycles. The Kier molecular flexibility index (Phi) is 4.29. The lowest BCUT2D eigenvalue weighted by molar-refractivity contribution is -0.139. The van der Waals surface area contributed by atoms with Crippen LogP contribution in [0.2, 0.25) is 0 Å².